The molecule has 7 heteroatoms. The zero-order valence-corrected chi connectivity index (χ0v) is 14.0. The Kier molecular flexibility index (Phi) is 4.47. The Labute approximate surface area is 136 Å². The molecule has 124 valence electrons. The van der Waals surface area contributed by atoms with E-state index in [1.165, 1.54) is 0 Å². The third-order valence-electron chi connectivity index (χ3n) is 4.42. The first-order valence-corrected chi connectivity index (χ1v) is 8.09. The number of nitrogens with zero attached hydrogens (tertiary/aromatic N) is 6. The van der Waals surface area contributed by atoms with Crippen molar-refractivity contribution >= 4 is 5.91 Å². The molecule has 23 heavy (non-hydrogen) atoms. The molecular weight excluding hydrogens is 292 g/mol. The molecule has 1 amide bonds. The second-order valence-electron chi connectivity index (χ2n) is 6.14. The molecule has 2 aromatic heterocycles. The van der Waals surface area contributed by atoms with E-state index in [9.17, 15) is 4.79 Å². The predicted octanol–water partition coefficient (Wildman–Crippen LogP) is 1.16. The molecule has 0 spiro atoms. The molecule has 1 unspecified atom stereocenters. The fraction of sp³-hybridized carbons (Fsp3) is 0.562. The summed E-state index contributed by atoms with van der Waals surface area (Å²) in [7, 11) is 4.08. The minimum absolute atomic E-state index is 0.0552. The molecule has 1 aliphatic rings. The Bertz CT molecular complexity index is 676. The average molecular weight is 316 g/mol. The number of likely N-dealkylation sites (N-methyl/N-ethyl adjacent to an activating group) is 1. The van der Waals surface area contributed by atoms with Crippen LogP contribution in [0.4, 0.5) is 0 Å². The molecule has 3 rings (SSSR count). The van der Waals surface area contributed by atoms with Crippen LogP contribution in [0.25, 0.3) is 0 Å². The van der Waals surface area contributed by atoms with Gasteiger partial charge in [0.25, 0.3) is 5.91 Å². The minimum Gasteiger partial charge on any atom is -0.337 e. The van der Waals surface area contributed by atoms with Crippen molar-refractivity contribution in [1.29, 1.82) is 0 Å². The molecule has 0 aliphatic carbocycles. The summed E-state index contributed by atoms with van der Waals surface area (Å²) in [6.07, 6.45) is 8.27. The number of hydrogen-bond acceptors (Lipinski definition) is 4. The Balaban J connectivity index is 1.75. The third-order valence-corrected chi connectivity index (χ3v) is 4.42. The molecule has 0 N–H and O–H groups in total. The number of imidazole rings is 1. The van der Waals surface area contributed by atoms with Gasteiger partial charge in [0.15, 0.2) is 0 Å². The van der Waals surface area contributed by atoms with Gasteiger partial charge in [0, 0.05) is 51.8 Å². The van der Waals surface area contributed by atoms with E-state index in [-0.39, 0.29) is 11.9 Å². The highest BCUT2D eigenvalue weighted by atomic mass is 16.2. The molecule has 0 bridgehead atoms. The maximum atomic E-state index is 12.8. The normalized spacial score (nSPS) is 19.3. The second kappa shape index (κ2) is 6.54. The molecule has 0 radical (unpaired) electrons. The van der Waals surface area contributed by atoms with Gasteiger partial charge in [-0.1, -0.05) is 6.92 Å². The van der Waals surface area contributed by atoms with Crippen LogP contribution >= 0.6 is 0 Å². The lowest BCUT2D eigenvalue weighted by Gasteiger charge is -2.38. The van der Waals surface area contributed by atoms with Crippen LogP contribution in [0.5, 0.6) is 0 Å². The van der Waals surface area contributed by atoms with Crippen molar-refractivity contribution in [3.05, 3.63) is 36.2 Å². The summed E-state index contributed by atoms with van der Waals surface area (Å²) in [6, 6.07) is 0.124. The van der Waals surface area contributed by atoms with Crippen molar-refractivity contribution in [3.8, 4) is 0 Å². The molecule has 0 aromatic carbocycles. The summed E-state index contributed by atoms with van der Waals surface area (Å²) < 4.78 is 3.86. The first kappa shape index (κ1) is 15.7. The van der Waals surface area contributed by atoms with E-state index in [0.717, 1.165) is 31.9 Å². The van der Waals surface area contributed by atoms with Crippen molar-refractivity contribution < 1.29 is 4.79 Å². The summed E-state index contributed by atoms with van der Waals surface area (Å²) in [4.78, 5) is 21.4. The van der Waals surface area contributed by atoms with Gasteiger partial charge in [0.1, 0.15) is 5.82 Å². The Morgan fingerprint density at radius 2 is 2.17 bits per heavy atom. The van der Waals surface area contributed by atoms with Crippen molar-refractivity contribution in [2.45, 2.75) is 25.9 Å². The van der Waals surface area contributed by atoms with Crippen LogP contribution in [0, 0.1) is 0 Å². The lowest BCUT2D eigenvalue weighted by atomic mass is 10.1. The van der Waals surface area contributed by atoms with Gasteiger partial charge in [-0.2, -0.15) is 5.10 Å². The van der Waals surface area contributed by atoms with Crippen LogP contribution in [-0.4, -0.2) is 61.7 Å². The topological polar surface area (TPSA) is 59.2 Å². The van der Waals surface area contributed by atoms with Crippen LogP contribution in [0.3, 0.4) is 0 Å². The van der Waals surface area contributed by atoms with Crippen LogP contribution in [0.2, 0.25) is 0 Å². The number of aromatic nitrogens is 4. The van der Waals surface area contributed by atoms with Gasteiger partial charge >= 0.3 is 0 Å². The van der Waals surface area contributed by atoms with Crippen LogP contribution in [0.15, 0.2) is 24.8 Å². The molecule has 0 saturated carbocycles. The fourth-order valence-electron chi connectivity index (χ4n) is 3.04. The van der Waals surface area contributed by atoms with Gasteiger partial charge < -0.3 is 9.47 Å². The zero-order chi connectivity index (χ0) is 16.4. The molecule has 1 aliphatic heterocycles. The highest BCUT2D eigenvalue weighted by molar-refractivity contribution is 5.93. The highest BCUT2D eigenvalue weighted by Crippen LogP contribution is 2.23. The van der Waals surface area contributed by atoms with E-state index in [4.69, 9.17) is 0 Å². The summed E-state index contributed by atoms with van der Waals surface area (Å²) in [5.74, 6) is 1.05. The van der Waals surface area contributed by atoms with E-state index >= 15 is 0 Å². The van der Waals surface area contributed by atoms with E-state index in [1.807, 2.05) is 33.6 Å². The van der Waals surface area contributed by atoms with Gasteiger partial charge in [0.05, 0.1) is 17.8 Å². The Morgan fingerprint density at radius 3 is 2.87 bits per heavy atom. The number of amides is 1. The second-order valence-corrected chi connectivity index (χ2v) is 6.14. The highest BCUT2D eigenvalue weighted by Gasteiger charge is 2.31. The molecule has 2 aromatic rings. The third kappa shape index (κ3) is 3.14. The van der Waals surface area contributed by atoms with E-state index in [2.05, 4.69) is 29.0 Å². The van der Waals surface area contributed by atoms with Crippen molar-refractivity contribution in [2.24, 2.45) is 7.05 Å². The molecule has 1 atom stereocenters. The number of carbonyl (C=O) groups excluding carboxylic acids is 1. The van der Waals surface area contributed by atoms with Crippen LogP contribution in [-0.2, 0) is 13.6 Å². The number of piperazine rings is 1. The van der Waals surface area contributed by atoms with Gasteiger partial charge in [-0.15, -0.1) is 0 Å². The first-order valence-electron chi connectivity index (χ1n) is 8.09. The molecule has 1 fully saturated rings. The number of rotatable bonds is 4. The smallest absolute Gasteiger partial charge is 0.257 e. The fourth-order valence-corrected chi connectivity index (χ4v) is 3.04. The zero-order valence-electron chi connectivity index (χ0n) is 14.0. The molecule has 7 nitrogen and oxygen atoms in total. The van der Waals surface area contributed by atoms with E-state index in [0.29, 0.717) is 12.1 Å². The SMILES string of the molecule is CCCn1cc(C(=O)N2CCN(C)C(c3nccn3C)C2)cn1. The Morgan fingerprint density at radius 1 is 1.35 bits per heavy atom. The summed E-state index contributed by atoms with van der Waals surface area (Å²) in [5, 5.41) is 4.26. The van der Waals surface area contributed by atoms with Gasteiger partial charge in [-0.3, -0.25) is 14.4 Å². The first-order chi connectivity index (χ1) is 11.1. The van der Waals surface area contributed by atoms with E-state index < -0.39 is 0 Å². The number of aryl methyl sites for hydroxylation is 2. The van der Waals surface area contributed by atoms with Crippen molar-refractivity contribution in [1.82, 2.24) is 29.1 Å². The predicted molar refractivity (Wildman–Crippen MR) is 87.0 cm³/mol. The van der Waals surface area contributed by atoms with Gasteiger partial charge in [-0.05, 0) is 13.5 Å². The molecular formula is C16H24N6O. The monoisotopic (exact) mass is 316 g/mol. The minimum atomic E-state index is 0.0552. The number of hydrogen-bond donors (Lipinski definition) is 0. The van der Waals surface area contributed by atoms with Gasteiger partial charge in [0.2, 0.25) is 0 Å². The van der Waals surface area contributed by atoms with Crippen molar-refractivity contribution in [2.75, 3.05) is 26.7 Å². The average Bonchev–Trinajstić information content (AvgIpc) is 3.17. The van der Waals surface area contributed by atoms with E-state index in [1.54, 1.807) is 12.4 Å². The quantitative estimate of drug-likeness (QED) is 0.849. The van der Waals surface area contributed by atoms with Crippen molar-refractivity contribution in [3.63, 3.8) is 0 Å². The van der Waals surface area contributed by atoms with Crippen LogP contribution < -0.4 is 0 Å². The number of carbonyl (C=O) groups is 1. The lowest BCUT2D eigenvalue weighted by molar-refractivity contribution is 0.0528. The lowest BCUT2D eigenvalue weighted by Crippen LogP contribution is -2.49. The maximum Gasteiger partial charge on any atom is 0.257 e. The summed E-state index contributed by atoms with van der Waals surface area (Å²) in [5.41, 5.74) is 0.668. The summed E-state index contributed by atoms with van der Waals surface area (Å²) in [6.45, 7) is 5.16. The largest absolute Gasteiger partial charge is 0.337 e. The molecule has 3 heterocycles. The van der Waals surface area contributed by atoms with Crippen LogP contribution in [0.1, 0.15) is 35.6 Å². The van der Waals surface area contributed by atoms with Gasteiger partial charge in [-0.25, -0.2) is 4.98 Å². The maximum absolute atomic E-state index is 12.8. The Hall–Kier alpha value is -2.15. The summed E-state index contributed by atoms with van der Waals surface area (Å²) >= 11 is 0. The standard InChI is InChI=1S/C16H24N6O/c1-4-6-22-11-13(10-18-22)16(23)21-9-8-19(2)14(12-21)15-17-5-7-20(15)3/h5,7,10-11,14H,4,6,8-9,12H2,1-3H3. The molecule has 1 saturated heterocycles.